The number of hydrogen-bond donors (Lipinski definition) is 2. The molecule has 2 aliphatic rings. The summed E-state index contributed by atoms with van der Waals surface area (Å²) >= 11 is 5.97. The van der Waals surface area contributed by atoms with Crippen molar-refractivity contribution in [3.8, 4) is 0 Å². The van der Waals surface area contributed by atoms with E-state index >= 15 is 0 Å². The number of nitrogens with one attached hydrogen (secondary N) is 2. The van der Waals surface area contributed by atoms with Crippen LogP contribution in [0.4, 0.5) is 0 Å². The van der Waals surface area contributed by atoms with E-state index in [2.05, 4.69) is 10.4 Å². The lowest BCUT2D eigenvalue weighted by atomic mass is 10.0. The summed E-state index contributed by atoms with van der Waals surface area (Å²) in [5.41, 5.74) is 1.74. The van der Waals surface area contributed by atoms with Gasteiger partial charge < -0.3 is 14.6 Å². The Balaban J connectivity index is 1.56. The largest absolute Gasteiger partial charge is 0.467 e. The molecule has 0 saturated carbocycles. The van der Waals surface area contributed by atoms with E-state index in [4.69, 9.17) is 16.0 Å². The highest BCUT2D eigenvalue weighted by molar-refractivity contribution is 6.30. The Labute approximate surface area is 161 Å². The highest BCUT2D eigenvalue weighted by Gasteiger charge is 2.36. The number of quaternary nitrogens is 1. The lowest BCUT2D eigenvalue weighted by Crippen LogP contribution is -3.16. The molecule has 1 unspecified atom stereocenters. The molecule has 2 aromatic rings. The first-order valence-corrected chi connectivity index (χ1v) is 9.27. The molecule has 27 heavy (non-hydrogen) atoms. The number of halogens is 1. The summed E-state index contributed by atoms with van der Waals surface area (Å²) in [7, 11) is 0. The molecule has 2 N–H and O–H groups in total. The van der Waals surface area contributed by atoms with Gasteiger partial charge in [-0.25, -0.2) is 5.01 Å². The smallest absolute Gasteiger partial charge is 0.298 e. The van der Waals surface area contributed by atoms with Crippen LogP contribution in [0, 0.1) is 0 Å². The highest BCUT2D eigenvalue weighted by atomic mass is 35.5. The van der Waals surface area contributed by atoms with Gasteiger partial charge in [-0.15, -0.1) is 0 Å². The monoisotopic (exact) mass is 387 g/mol. The van der Waals surface area contributed by atoms with E-state index in [9.17, 15) is 9.59 Å². The van der Waals surface area contributed by atoms with E-state index in [0.29, 0.717) is 30.3 Å². The molecule has 1 fully saturated rings. The Morgan fingerprint density at radius 3 is 2.85 bits per heavy atom. The summed E-state index contributed by atoms with van der Waals surface area (Å²) in [5.74, 6) is 0.547. The maximum atomic E-state index is 13.0. The molecule has 2 aliphatic heterocycles. The molecule has 1 saturated heterocycles. The fraction of sp³-hybridized carbons (Fsp3) is 0.316. The van der Waals surface area contributed by atoms with Gasteiger partial charge in [-0.1, -0.05) is 23.7 Å². The molecule has 0 radical (unpaired) electrons. The van der Waals surface area contributed by atoms with Gasteiger partial charge in [-0.05, 0) is 29.8 Å². The third-order valence-corrected chi connectivity index (χ3v) is 5.08. The first-order valence-electron chi connectivity index (χ1n) is 8.89. The second-order valence-corrected chi connectivity index (χ2v) is 7.17. The Kier molecular flexibility index (Phi) is 4.96. The minimum absolute atomic E-state index is 0.0292. The van der Waals surface area contributed by atoms with Crippen molar-refractivity contribution in [2.24, 2.45) is 5.10 Å². The highest BCUT2D eigenvalue weighted by Crippen LogP contribution is 2.33. The number of nitrogens with zero attached hydrogens (tertiary/aromatic N) is 2. The Morgan fingerprint density at radius 1 is 1.33 bits per heavy atom. The molecule has 0 aliphatic carbocycles. The molecule has 1 aromatic heterocycles. The molecule has 140 valence electrons. The minimum Gasteiger partial charge on any atom is -0.467 e. The molecule has 0 spiro atoms. The maximum Gasteiger partial charge on any atom is 0.298 e. The fourth-order valence-corrected chi connectivity index (χ4v) is 3.59. The molecule has 7 nitrogen and oxygen atoms in total. The number of benzene rings is 1. The van der Waals surface area contributed by atoms with Crippen molar-refractivity contribution >= 4 is 29.1 Å². The summed E-state index contributed by atoms with van der Waals surface area (Å²) in [6.45, 7) is 1.84. The molecule has 3 heterocycles. The van der Waals surface area contributed by atoms with Gasteiger partial charge in [0, 0.05) is 11.4 Å². The maximum absolute atomic E-state index is 13.0. The molecular formula is C19H20ClN4O3+. The van der Waals surface area contributed by atoms with Crippen molar-refractivity contribution in [3.63, 3.8) is 0 Å². The van der Waals surface area contributed by atoms with E-state index in [1.54, 1.807) is 12.3 Å². The van der Waals surface area contributed by atoms with Crippen molar-refractivity contribution in [2.45, 2.75) is 12.5 Å². The zero-order valence-corrected chi connectivity index (χ0v) is 15.4. The fourth-order valence-electron chi connectivity index (χ4n) is 3.46. The standard InChI is InChI=1S/C19H19ClN4O3/c20-14-5-3-13(4-6-14)15-10-16(17-2-1-9-27-17)24(22-15)19(26)12-23-8-7-21-18(25)11-23/h1-6,9,16H,7-8,10-12H2,(H,21,25)/p+1/t16-/m0/s1. The van der Waals surface area contributed by atoms with E-state index < -0.39 is 0 Å². The van der Waals surface area contributed by atoms with E-state index in [1.807, 2.05) is 30.3 Å². The number of piperazine rings is 1. The van der Waals surface area contributed by atoms with Crippen LogP contribution in [-0.4, -0.2) is 48.7 Å². The summed E-state index contributed by atoms with van der Waals surface area (Å²) in [4.78, 5) is 25.5. The SMILES string of the molecule is O=C1C[NH+](CC(=O)N2N=C(c3ccc(Cl)cc3)C[C@H]2c2ccco2)CCN1. The number of carbonyl (C=O) groups is 2. The summed E-state index contributed by atoms with van der Waals surface area (Å²) < 4.78 is 5.55. The lowest BCUT2D eigenvalue weighted by molar-refractivity contribution is -0.885. The Hall–Kier alpha value is -2.64. The van der Waals surface area contributed by atoms with Gasteiger partial charge in [-0.3, -0.25) is 9.59 Å². The number of rotatable bonds is 4. The van der Waals surface area contributed by atoms with Gasteiger partial charge in [-0.2, -0.15) is 5.10 Å². The Morgan fingerprint density at radius 2 is 2.15 bits per heavy atom. The second-order valence-electron chi connectivity index (χ2n) is 6.73. The van der Waals surface area contributed by atoms with Crippen LogP contribution in [0.2, 0.25) is 5.02 Å². The van der Waals surface area contributed by atoms with Crippen molar-refractivity contribution in [3.05, 3.63) is 59.0 Å². The van der Waals surface area contributed by atoms with Crippen LogP contribution in [0.1, 0.15) is 23.8 Å². The van der Waals surface area contributed by atoms with Crippen LogP contribution in [0.5, 0.6) is 0 Å². The van der Waals surface area contributed by atoms with Crippen LogP contribution in [-0.2, 0) is 9.59 Å². The molecule has 2 amide bonds. The van der Waals surface area contributed by atoms with Gasteiger partial charge >= 0.3 is 0 Å². The number of hydrogen-bond acceptors (Lipinski definition) is 4. The van der Waals surface area contributed by atoms with Crippen molar-refractivity contribution in [1.29, 1.82) is 0 Å². The van der Waals surface area contributed by atoms with Gasteiger partial charge in [0.05, 0.1) is 25.1 Å². The summed E-state index contributed by atoms with van der Waals surface area (Å²) in [6.07, 6.45) is 2.16. The predicted molar refractivity (Wildman–Crippen MR) is 99.5 cm³/mol. The summed E-state index contributed by atoms with van der Waals surface area (Å²) in [6, 6.07) is 10.8. The van der Waals surface area contributed by atoms with Crippen LogP contribution in [0.15, 0.2) is 52.2 Å². The molecule has 2 atom stereocenters. The topological polar surface area (TPSA) is 79.3 Å². The van der Waals surface area contributed by atoms with Crippen molar-refractivity contribution < 1.29 is 18.9 Å². The number of amides is 2. The number of furan rings is 1. The zero-order valence-electron chi connectivity index (χ0n) is 14.7. The first kappa shape index (κ1) is 17.8. The molecule has 4 rings (SSSR count). The second kappa shape index (κ2) is 7.54. The van der Waals surface area contributed by atoms with Gasteiger partial charge in [0.1, 0.15) is 11.8 Å². The van der Waals surface area contributed by atoms with Gasteiger partial charge in [0.15, 0.2) is 13.1 Å². The summed E-state index contributed by atoms with van der Waals surface area (Å²) in [5, 5.41) is 9.53. The third-order valence-electron chi connectivity index (χ3n) is 4.83. The predicted octanol–water partition coefficient (Wildman–Crippen LogP) is 0.625. The third kappa shape index (κ3) is 3.89. The number of hydrazone groups is 1. The first-order chi connectivity index (χ1) is 13.1. The van der Waals surface area contributed by atoms with E-state index in [0.717, 1.165) is 22.7 Å². The normalized spacial score (nSPS) is 22.5. The average molecular weight is 388 g/mol. The number of carbonyl (C=O) groups excluding carboxylic acids is 2. The molecular weight excluding hydrogens is 368 g/mol. The van der Waals surface area contributed by atoms with Crippen LogP contribution >= 0.6 is 11.6 Å². The van der Waals surface area contributed by atoms with Crippen LogP contribution in [0.3, 0.4) is 0 Å². The molecule has 1 aromatic carbocycles. The molecule has 8 heteroatoms. The molecule has 0 bridgehead atoms. The zero-order chi connectivity index (χ0) is 18.8. The minimum atomic E-state index is -0.281. The van der Waals surface area contributed by atoms with Gasteiger partial charge in [0.25, 0.3) is 11.8 Å². The van der Waals surface area contributed by atoms with E-state index in [-0.39, 0.29) is 24.4 Å². The van der Waals surface area contributed by atoms with E-state index in [1.165, 1.54) is 5.01 Å². The average Bonchev–Trinajstić information content (AvgIpc) is 3.32. The van der Waals surface area contributed by atoms with Crippen LogP contribution in [0.25, 0.3) is 0 Å². The lowest BCUT2D eigenvalue weighted by Gasteiger charge is -2.26. The van der Waals surface area contributed by atoms with Crippen molar-refractivity contribution in [1.82, 2.24) is 10.3 Å². The van der Waals surface area contributed by atoms with Gasteiger partial charge in [0.2, 0.25) is 0 Å². The van der Waals surface area contributed by atoms with Crippen LogP contribution < -0.4 is 10.2 Å². The van der Waals surface area contributed by atoms with Crippen molar-refractivity contribution in [2.75, 3.05) is 26.2 Å². The Bertz CT molecular complexity index is 864. The quantitative estimate of drug-likeness (QED) is 0.807.